The van der Waals surface area contributed by atoms with E-state index in [2.05, 4.69) is 28.0 Å². The summed E-state index contributed by atoms with van der Waals surface area (Å²) in [5.41, 5.74) is 2.07. The Bertz CT molecular complexity index is 600. The molecule has 0 amide bonds. The number of benzene rings is 1. The Labute approximate surface area is 142 Å². The van der Waals surface area contributed by atoms with Crippen LogP contribution in [-0.2, 0) is 19.9 Å². The molecule has 3 nitrogen and oxygen atoms in total. The molecule has 0 saturated carbocycles. The Morgan fingerprint density at radius 3 is 2.62 bits per heavy atom. The van der Waals surface area contributed by atoms with Crippen LogP contribution in [-0.4, -0.2) is 26.7 Å². The number of nitrogens with zero attached hydrogens (tertiary/aromatic N) is 2. The van der Waals surface area contributed by atoms with Crippen LogP contribution in [0.1, 0.15) is 18.3 Å². The van der Waals surface area contributed by atoms with E-state index in [0.717, 1.165) is 32.2 Å². The van der Waals surface area contributed by atoms with E-state index >= 15 is 0 Å². The molecule has 0 bridgehead atoms. The van der Waals surface area contributed by atoms with Crippen molar-refractivity contribution in [2.24, 2.45) is 7.05 Å². The number of rotatable bonds is 6. The van der Waals surface area contributed by atoms with Gasteiger partial charge < -0.3 is 5.11 Å². The van der Waals surface area contributed by atoms with Gasteiger partial charge in [-0.2, -0.15) is 5.10 Å². The van der Waals surface area contributed by atoms with E-state index in [1.807, 2.05) is 36.0 Å². The van der Waals surface area contributed by atoms with Gasteiger partial charge in [0.05, 0.1) is 22.0 Å². The summed E-state index contributed by atoms with van der Waals surface area (Å²) in [6.07, 6.45) is 1.05. The number of aliphatic hydroxyl groups excluding tert-OH is 1. The first-order valence-corrected chi connectivity index (χ1v) is 8.93. The van der Waals surface area contributed by atoms with Gasteiger partial charge in [-0.3, -0.25) is 4.68 Å². The van der Waals surface area contributed by atoms with Crippen molar-refractivity contribution in [2.45, 2.75) is 30.8 Å². The van der Waals surface area contributed by atoms with Gasteiger partial charge in [0.25, 0.3) is 0 Å². The minimum atomic E-state index is -0.415. The molecule has 6 heteroatoms. The molecule has 0 fully saturated rings. The van der Waals surface area contributed by atoms with E-state index in [1.54, 1.807) is 11.8 Å². The average Bonchev–Trinajstić information content (AvgIpc) is 2.74. The fourth-order valence-corrected chi connectivity index (χ4v) is 3.78. The monoisotopic (exact) mass is 388 g/mol. The van der Waals surface area contributed by atoms with Crippen molar-refractivity contribution in [1.29, 1.82) is 0 Å². The highest BCUT2D eigenvalue weighted by atomic mass is 79.9. The maximum absolute atomic E-state index is 10.2. The molecular formula is C15H18BrClN2OS. The summed E-state index contributed by atoms with van der Waals surface area (Å²) < 4.78 is 2.86. The minimum absolute atomic E-state index is 0.415. The van der Waals surface area contributed by atoms with Crippen LogP contribution >= 0.6 is 39.3 Å². The van der Waals surface area contributed by atoms with E-state index in [-0.39, 0.29) is 0 Å². The number of aliphatic hydroxyl groups is 1. The minimum Gasteiger partial charge on any atom is -0.392 e. The number of aryl methyl sites for hydroxylation is 2. The molecule has 0 aliphatic carbocycles. The fraction of sp³-hybridized carbons (Fsp3) is 0.400. The number of thioether (sulfide) groups is 1. The lowest BCUT2D eigenvalue weighted by molar-refractivity contribution is 0.197. The second kappa shape index (κ2) is 7.68. The zero-order valence-electron chi connectivity index (χ0n) is 12.0. The van der Waals surface area contributed by atoms with E-state index in [1.165, 1.54) is 0 Å². The van der Waals surface area contributed by atoms with Crippen molar-refractivity contribution in [2.75, 3.05) is 5.75 Å². The van der Waals surface area contributed by atoms with Gasteiger partial charge in [0, 0.05) is 29.1 Å². The van der Waals surface area contributed by atoms with E-state index in [4.69, 9.17) is 11.6 Å². The van der Waals surface area contributed by atoms with E-state index in [0.29, 0.717) is 12.2 Å². The Kier molecular flexibility index (Phi) is 6.17. The molecule has 0 spiro atoms. The Morgan fingerprint density at radius 2 is 2.05 bits per heavy atom. The van der Waals surface area contributed by atoms with Crippen molar-refractivity contribution < 1.29 is 5.11 Å². The molecule has 21 heavy (non-hydrogen) atoms. The van der Waals surface area contributed by atoms with E-state index < -0.39 is 6.10 Å². The molecule has 1 atom stereocenters. The molecule has 1 aromatic heterocycles. The molecule has 0 saturated heterocycles. The van der Waals surface area contributed by atoms with Gasteiger partial charge in [0.1, 0.15) is 0 Å². The predicted octanol–water partition coefficient (Wildman–Crippen LogP) is 4.09. The zero-order valence-corrected chi connectivity index (χ0v) is 15.2. The standard InChI is InChI=1S/C15H18BrClN2OS/c1-3-13-15(16)14(19(2)18-13)8-11(20)9-21-12-6-4-10(17)5-7-12/h4-7,11,20H,3,8-9H2,1-2H3. The van der Waals surface area contributed by atoms with Gasteiger partial charge in [0.15, 0.2) is 0 Å². The van der Waals surface area contributed by atoms with Crippen LogP contribution in [0.2, 0.25) is 5.02 Å². The highest BCUT2D eigenvalue weighted by Crippen LogP contribution is 2.25. The van der Waals surface area contributed by atoms with E-state index in [9.17, 15) is 5.11 Å². The summed E-state index contributed by atoms with van der Waals surface area (Å²) >= 11 is 11.1. The van der Waals surface area contributed by atoms with Crippen LogP contribution in [0.25, 0.3) is 0 Å². The quantitative estimate of drug-likeness (QED) is 0.756. The third kappa shape index (κ3) is 4.49. The molecule has 114 valence electrons. The molecule has 1 aromatic carbocycles. The summed E-state index contributed by atoms with van der Waals surface area (Å²) in [5.74, 6) is 0.640. The van der Waals surface area contributed by atoms with Crippen molar-refractivity contribution in [1.82, 2.24) is 9.78 Å². The molecule has 1 N–H and O–H groups in total. The topological polar surface area (TPSA) is 38.0 Å². The van der Waals surface area contributed by atoms with Gasteiger partial charge in [0.2, 0.25) is 0 Å². The third-order valence-corrected chi connectivity index (χ3v) is 5.51. The van der Waals surface area contributed by atoms with Gasteiger partial charge in [-0.25, -0.2) is 0 Å². The number of hydrogen-bond donors (Lipinski definition) is 1. The summed E-state index contributed by atoms with van der Waals surface area (Å²) in [5, 5.41) is 15.4. The second-order valence-corrected chi connectivity index (χ2v) is 7.13. The third-order valence-electron chi connectivity index (χ3n) is 3.19. The second-order valence-electron chi connectivity index (χ2n) is 4.81. The normalized spacial score (nSPS) is 12.6. The number of halogens is 2. The predicted molar refractivity (Wildman–Crippen MR) is 92.2 cm³/mol. The first-order chi connectivity index (χ1) is 10.0. The van der Waals surface area contributed by atoms with Crippen LogP contribution in [0, 0.1) is 0 Å². The van der Waals surface area contributed by atoms with Crippen molar-refractivity contribution in [3.63, 3.8) is 0 Å². The lowest BCUT2D eigenvalue weighted by Crippen LogP contribution is -2.16. The average molecular weight is 390 g/mol. The Morgan fingerprint density at radius 1 is 1.38 bits per heavy atom. The highest BCUT2D eigenvalue weighted by molar-refractivity contribution is 9.10. The zero-order chi connectivity index (χ0) is 15.4. The van der Waals surface area contributed by atoms with Gasteiger partial charge in [-0.15, -0.1) is 11.8 Å². The molecule has 0 aliphatic heterocycles. The Balaban J connectivity index is 1.94. The smallest absolute Gasteiger partial charge is 0.0766 e. The molecule has 2 aromatic rings. The SMILES string of the molecule is CCc1nn(C)c(CC(O)CSc2ccc(Cl)cc2)c1Br. The Hall–Kier alpha value is -0.490. The van der Waals surface area contributed by atoms with Crippen LogP contribution in [0.15, 0.2) is 33.6 Å². The highest BCUT2D eigenvalue weighted by Gasteiger charge is 2.16. The van der Waals surface area contributed by atoms with Crippen LogP contribution in [0.3, 0.4) is 0 Å². The van der Waals surface area contributed by atoms with Crippen LogP contribution < -0.4 is 0 Å². The lowest BCUT2D eigenvalue weighted by Gasteiger charge is -2.11. The van der Waals surface area contributed by atoms with Gasteiger partial charge in [-0.1, -0.05) is 18.5 Å². The van der Waals surface area contributed by atoms with Gasteiger partial charge in [-0.05, 0) is 46.6 Å². The molecular weight excluding hydrogens is 372 g/mol. The van der Waals surface area contributed by atoms with Crippen molar-refractivity contribution in [3.05, 3.63) is 45.1 Å². The van der Waals surface area contributed by atoms with Crippen LogP contribution in [0.5, 0.6) is 0 Å². The number of hydrogen-bond acceptors (Lipinski definition) is 3. The molecule has 0 aliphatic rings. The number of aromatic nitrogens is 2. The maximum Gasteiger partial charge on any atom is 0.0766 e. The fourth-order valence-electron chi connectivity index (χ4n) is 2.05. The summed E-state index contributed by atoms with van der Waals surface area (Å²) in [4.78, 5) is 1.11. The summed E-state index contributed by atoms with van der Waals surface area (Å²) in [6, 6.07) is 7.66. The van der Waals surface area contributed by atoms with Crippen LogP contribution in [0.4, 0.5) is 0 Å². The molecule has 2 rings (SSSR count). The first kappa shape index (κ1) is 16.9. The van der Waals surface area contributed by atoms with Gasteiger partial charge >= 0.3 is 0 Å². The van der Waals surface area contributed by atoms with Crippen molar-refractivity contribution in [3.8, 4) is 0 Å². The lowest BCUT2D eigenvalue weighted by atomic mass is 10.2. The molecule has 1 heterocycles. The first-order valence-electron chi connectivity index (χ1n) is 6.78. The largest absolute Gasteiger partial charge is 0.392 e. The molecule has 1 unspecified atom stereocenters. The molecule has 0 radical (unpaired) electrons. The maximum atomic E-state index is 10.2. The summed E-state index contributed by atoms with van der Waals surface area (Å²) in [7, 11) is 1.91. The van der Waals surface area contributed by atoms with Crippen molar-refractivity contribution >= 4 is 39.3 Å². The summed E-state index contributed by atoms with van der Waals surface area (Å²) in [6.45, 7) is 2.07.